The molecule has 4 fully saturated rings. The molecule has 6 atom stereocenters. The lowest BCUT2D eigenvalue weighted by Crippen LogP contribution is -2.59. The van der Waals surface area contributed by atoms with E-state index in [1.54, 1.807) is 0 Å². The van der Waals surface area contributed by atoms with Crippen molar-refractivity contribution in [1.82, 2.24) is 20.4 Å². The first kappa shape index (κ1) is 37.4. The number of nitrogens with zero attached hydrogens (tertiary/aromatic N) is 2. The molecule has 4 aromatic carbocycles. The highest BCUT2D eigenvalue weighted by atomic mass is 16.2. The van der Waals surface area contributed by atoms with Gasteiger partial charge in [0, 0.05) is 75.0 Å². The van der Waals surface area contributed by atoms with E-state index in [4.69, 9.17) is 0 Å². The third-order valence-corrected chi connectivity index (χ3v) is 11.9. The molecular formula is C46H52N4O4. The number of ketones is 2. The van der Waals surface area contributed by atoms with Gasteiger partial charge in [0.1, 0.15) is 0 Å². The van der Waals surface area contributed by atoms with Gasteiger partial charge in [0.25, 0.3) is 11.8 Å². The molecule has 8 rings (SSSR count). The molecule has 2 saturated heterocycles. The molecule has 8 nitrogen and oxygen atoms in total. The topological polar surface area (TPSA) is 98.8 Å². The fraction of sp³-hybridized carbons (Fsp3) is 0.391. The van der Waals surface area contributed by atoms with Gasteiger partial charge in [-0.25, -0.2) is 0 Å². The van der Waals surface area contributed by atoms with Crippen LogP contribution in [0, 0.1) is 11.8 Å². The van der Waals surface area contributed by atoms with Crippen LogP contribution in [0.1, 0.15) is 73.6 Å². The van der Waals surface area contributed by atoms with Crippen molar-refractivity contribution in [2.75, 3.05) is 0 Å². The van der Waals surface area contributed by atoms with Crippen molar-refractivity contribution in [2.45, 2.75) is 102 Å². The van der Waals surface area contributed by atoms with Crippen molar-refractivity contribution in [2.24, 2.45) is 11.8 Å². The molecule has 54 heavy (non-hydrogen) atoms. The van der Waals surface area contributed by atoms with Crippen LogP contribution < -0.4 is 10.6 Å². The lowest BCUT2D eigenvalue weighted by molar-refractivity contribution is -0.154. The zero-order valence-corrected chi connectivity index (χ0v) is 31.0. The van der Waals surface area contributed by atoms with Crippen LogP contribution in [0.15, 0.2) is 121 Å². The second-order valence-electron chi connectivity index (χ2n) is 15.4. The molecule has 2 heterocycles. The largest absolute Gasteiger partial charge is 0.328 e. The summed E-state index contributed by atoms with van der Waals surface area (Å²) in [4.78, 5) is 53.8. The Morgan fingerprint density at radius 3 is 1.13 bits per heavy atom. The number of carbonyl (C=O) groups is 4. The molecule has 2 aliphatic heterocycles. The SMILES string of the molecule is O=C1C[C@@H]2[C@@H](NCc3ccccc3)CCC[C@H]2N(Cc2ccccc2)C1=O.O=C1C[C@H]2[C@H](NCc3ccccc3)CCC[C@@H]2N(Cc2ccccc2)C1=O. The van der Waals surface area contributed by atoms with Gasteiger partial charge in [-0.1, -0.05) is 121 Å². The minimum Gasteiger partial charge on any atom is -0.328 e. The predicted octanol–water partition coefficient (Wildman–Crippen LogP) is 6.63. The van der Waals surface area contributed by atoms with Crippen LogP contribution in [0.5, 0.6) is 0 Å². The van der Waals surface area contributed by atoms with Gasteiger partial charge in [-0.2, -0.15) is 0 Å². The molecule has 2 aliphatic carbocycles. The monoisotopic (exact) mass is 724 g/mol. The summed E-state index contributed by atoms with van der Waals surface area (Å²) in [7, 11) is 0. The van der Waals surface area contributed by atoms with Crippen molar-refractivity contribution < 1.29 is 19.2 Å². The number of fused-ring (bicyclic) bond motifs is 2. The number of hydrogen-bond acceptors (Lipinski definition) is 6. The number of carbonyl (C=O) groups excluding carboxylic acids is 4. The fourth-order valence-electron chi connectivity index (χ4n) is 9.18. The molecular weight excluding hydrogens is 673 g/mol. The number of Topliss-reactive ketones (excluding diaryl/α,β-unsaturated/α-hetero) is 2. The molecule has 0 unspecified atom stereocenters. The first-order valence-corrected chi connectivity index (χ1v) is 19.7. The van der Waals surface area contributed by atoms with Crippen molar-refractivity contribution >= 4 is 23.4 Å². The Bertz CT molecular complexity index is 1720. The van der Waals surface area contributed by atoms with Crippen LogP contribution in [0.3, 0.4) is 0 Å². The molecule has 0 aromatic heterocycles. The predicted molar refractivity (Wildman–Crippen MR) is 210 cm³/mol. The number of benzene rings is 4. The third-order valence-electron chi connectivity index (χ3n) is 11.9. The maximum atomic E-state index is 12.6. The Kier molecular flexibility index (Phi) is 12.4. The molecule has 2 saturated carbocycles. The van der Waals surface area contributed by atoms with E-state index >= 15 is 0 Å². The first-order chi connectivity index (χ1) is 26.4. The highest BCUT2D eigenvalue weighted by Crippen LogP contribution is 2.37. The standard InChI is InChI=1S/2C23H26N2O2/c2*26-22-14-19-20(24-15-17-8-3-1-4-9-17)12-7-13-21(19)25(23(22)27)16-18-10-5-2-6-11-18/h2*1-6,8-11,19-21,24H,7,12-16H2/t2*19-,20+,21-/m10/s1. The summed E-state index contributed by atoms with van der Waals surface area (Å²) in [5.41, 5.74) is 4.66. The van der Waals surface area contributed by atoms with Crippen molar-refractivity contribution in [3.8, 4) is 0 Å². The second kappa shape index (κ2) is 17.9. The number of nitrogens with one attached hydrogen (secondary N) is 2. The first-order valence-electron chi connectivity index (χ1n) is 19.7. The maximum absolute atomic E-state index is 12.6. The minimum absolute atomic E-state index is 0.150. The van der Waals surface area contributed by atoms with E-state index in [1.165, 1.54) is 11.1 Å². The van der Waals surface area contributed by atoms with Crippen LogP contribution in [0.2, 0.25) is 0 Å². The van der Waals surface area contributed by atoms with Gasteiger partial charge in [0.15, 0.2) is 0 Å². The number of likely N-dealkylation sites (tertiary alicyclic amines) is 2. The Hall–Kier alpha value is -4.92. The lowest BCUT2D eigenvalue weighted by Gasteiger charge is -2.47. The van der Waals surface area contributed by atoms with Crippen molar-refractivity contribution in [3.63, 3.8) is 0 Å². The summed E-state index contributed by atoms with van der Waals surface area (Å²) in [6.07, 6.45) is 7.02. The van der Waals surface area contributed by atoms with Crippen LogP contribution in [-0.2, 0) is 45.4 Å². The van der Waals surface area contributed by atoms with Gasteiger partial charge in [-0.15, -0.1) is 0 Å². The van der Waals surface area contributed by atoms with Gasteiger partial charge < -0.3 is 20.4 Å². The van der Waals surface area contributed by atoms with E-state index in [0.29, 0.717) is 25.9 Å². The normalized spacial score (nSPS) is 25.3. The highest BCUT2D eigenvalue weighted by Gasteiger charge is 2.46. The zero-order valence-electron chi connectivity index (χ0n) is 31.0. The van der Waals surface area contributed by atoms with E-state index in [2.05, 4.69) is 34.9 Å². The Labute approximate surface area is 319 Å². The average molecular weight is 725 g/mol. The summed E-state index contributed by atoms with van der Waals surface area (Å²) in [5.74, 6) is -0.665. The van der Waals surface area contributed by atoms with E-state index in [-0.39, 0.29) is 59.4 Å². The Morgan fingerprint density at radius 2 is 0.778 bits per heavy atom. The van der Waals surface area contributed by atoms with Gasteiger partial charge >= 0.3 is 0 Å². The highest BCUT2D eigenvalue weighted by molar-refractivity contribution is 6.37. The number of amides is 2. The number of rotatable bonds is 10. The Morgan fingerprint density at radius 1 is 0.444 bits per heavy atom. The van der Waals surface area contributed by atoms with Gasteiger partial charge in [-0.05, 0) is 60.8 Å². The summed E-state index contributed by atoms with van der Waals surface area (Å²) in [5, 5.41) is 7.33. The van der Waals surface area contributed by atoms with Crippen LogP contribution in [0.4, 0.5) is 0 Å². The third kappa shape index (κ3) is 9.05. The molecule has 2 N–H and O–H groups in total. The molecule has 4 aromatic rings. The number of hydrogen-bond donors (Lipinski definition) is 2. The summed E-state index contributed by atoms with van der Waals surface area (Å²) >= 11 is 0. The molecule has 2 amide bonds. The number of piperidine rings is 2. The quantitative estimate of drug-likeness (QED) is 0.178. The van der Waals surface area contributed by atoms with Crippen LogP contribution in [-0.4, -0.2) is 57.3 Å². The second-order valence-corrected chi connectivity index (χ2v) is 15.4. The molecule has 8 heteroatoms. The van der Waals surface area contributed by atoms with E-state index in [0.717, 1.165) is 62.7 Å². The average Bonchev–Trinajstić information content (AvgIpc) is 3.21. The molecule has 0 spiro atoms. The molecule has 0 bridgehead atoms. The molecule has 280 valence electrons. The van der Waals surface area contributed by atoms with Crippen molar-refractivity contribution in [1.29, 1.82) is 0 Å². The van der Waals surface area contributed by atoms with E-state index < -0.39 is 0 Å². The van der Waals surface area contributed by atoms with E-state index in [1.807, 2.05) is 107 Å². The summed E-state index contributed by atoms with van der Waals surface area (Å²) < 4.78 is 0. The van der Waals surface area contributed by atoms with Gasteiger partial charge in [-0.3, -0.25) is 19.2 Å². The Balaban J connectivity index is 0.000000167. The summed E-state index contributed by atoms with van der Waals surface area (Å²) in [6, 6.07) is 41.5. The van der Waals surface area contributed by atoms with Crippen LogP contribution >= 0.6 is 0 Å². The smallest absolute Gasteiger partial charge is 0.290 e. The maximum Gasteiger partial charge on any atom is 0.290 e. The zero-order chi connectivity index (χ0) is 37.3. The molecule has 0 radical (unpaired) electrons. The minimum atomic E-state index is -0.302. The summed E-state index contributed by atoms with van der Waals surface area (Å²) in [6.45, 7) is 2.65. The fourth-order valence-corrected chi connectivity index (χ4v) is 9.18. The lowest BCUT2D eigenvalue weighted by atomic mass is 9.74. The van der Waals surface area contributed by atoms with Crippen LogP contribution in [0.25, 0.3) is 0 Å². The van der Waals surface area contributed by atoms with Gasteiger partial charge in [0.05, 0.1) is 0 Å². The molecule has 4 aliphatic rings. The van der Waals surface area contributed by atoms with Gasteiger partial charge in [0.2, 0.25) is 11.6 Å². The van der Waals surface area contributed by atoms with Crippen molar-refractivity contribution in [3.05, 3.63) is 144 Å². The van der Waals surface area contributed by atoms with E-state index in [9.17, 15) is 19.2 Å².